The van der Waals surface area contributed by atoms with Gasteiger partial charge in [0.25, 0.3) is 15.9 Å². The molecule has 1 aromatic carbocycles. The van der Waals surface area contributed by atoms with Crippen LogP contribution < -0.4 is 5.73 Å². The first-order chi connectivity index (χ1) is 7.98. The number of aliphatic hydroxyl groups is 1. The molecule has 0 aliphatic carbocycles. The summed E-state index contributed by atoms with van der Waals surface area (Å²) in [5.41, 5.74) is 5.97. The topological polar surface area (TPSA) is 101 Å². The zero-order valence-electron chi connectivity index (χ0n) is 8.96. The van der Waals surface area contributed by atoms with Crippen molar-refractivity contribution in [1.29, 1.82) is 0 Å². The van der Waals surface area contributed by atoms with E-state index < -0.39 is 15.9 Å². The zero-order chi connectivity index (χ0) is 12.6. The van der Waals surface area contributed by atoms with Crippen LogP contribution in [0.3, 0.4) is 0 Å². The number of carbonyl (C=O) groups excluding carboxylic acids is 1. The maximum absolute atomic E-state index is 12.0. The van der Waals surface area contributed by atoms with Gasteiger partial charge in [-0.25, -0.2) is 12.7 Å². The van der Waals surface area contributed by atoms with E-state index in [0.717, 1.165) is 4.31 Å². The van der Waals surface area contributed by atoms with Crippen LogP contribution in [-0.4, -0.2) is 36.9 Å². The summed E-state index contributed by atoms with van der Waals surface area (Å²) in [4.78, 5) is 11.9. The van der Waals surface area contributed by atoms with E-state index in [1.165, 1.54) is 18.2 Å². The summed E-state index contributed by atoms with van der Waals surface area (Å²) in [6.45, 7) is -0.190. The predicted octanol–water partition coefficient (Wildman–Crippen LogP) is -0.204. The van der Waals surface area contributed by atoms with Gasteiger partial charge in [0, 0.05) is 18.8 Å². The summed E-state index contributed by atoms with van der Waals surface area (Å²) < 4.78 is 24.8. The Balaban J connectivity index is 2.49. The Morgan fingerprint density at radius 1 is 1.35 bits per heavy atom. The highest BCUT2D eigenvalue weighted by Gasteiger charge is 2.40. The fraction of sp³-hybridized carbons (Fsp3) is 0.300. The summed E-state index contributed by atoms with van der Waals surface area (Å²) in [5, 5.41) is 8.69. The number of nitrogens with zero attached hydrogens (tertiary/aromatic N) is 1. The summed E-state index contributed by atoms with van der Waals surface area (Å²) in [6, 6.07) is 4.13. The van der Waals surface area contributed by atoms with Crippen LogP contribution in [0.4, 0.5) is 5.69 Å². The van der Waals surface area contributed by atoms with Crippen molar-refractivity contribution in [1.82, 2.24) is 4.31 Å². The van der Waals surface area contributed by atoms with Crippen molar-refractivity contribution in [2.24, 2.45) is 0 Å². The maximum atomic E-state index is 12.0. The zero-order valence-corrected chi connectivity index (χ0v) is 9.77. The van der Waals surface area contributed by atoms with Crippen molar-refractivity contribution in [3.05, 3.63) is 23.8 Å². The van der Waals surface area contributed by atoms with Crippen molar-refractivity contribution >= 4 is 21.6 Å². The number of amides is 1. The lowest BCUT2D eigenvalue weighted by Gasteiger charge is -2.13. The molecule has 1 aliphatic rings. The van der Waals surface area contributed by atoms with Gasteiger partial charge in [-0.15, -0.1) is 0 Å². The molecule has 0 atom stereocenters. The second-order valence-corrected chi connectivity index (χ2v) is 5.55. The van der Waals surface area contributed by atoms with Gasteiger partial charge < -0.3 is 10.8 Å². The Hall–Kier alpha value is -1.60. The number of rotatable bonds is 3. The molecule has 6 nitrogen and oxygen atoms in total. The molecular formula is C10H12N2O4S. The normalized spacial score (nSPS) is 17.2. The number of sulfonamides is 1. The molecule has 1 aromatic rings. The van der Waals surface area contributed by atoms with Gasteiger partial charge in [-0.3, -0.25) is 4.79 Å². The van der Waals surface area contributed by atoms with Crippen LogP contribution in [0.5, 0.6) is 0 Å². The Kier molecular flexibility index (Phi) is 2.80. The number of fused-ring (bicyclic) bond motifs is 1. The lowest BCUT2D eigenvalue weighted by atomic mass is 10.2. The number of benzene rings is 1. The summed E-state index contributed by atoms with van der Waals surface area (Å²) in [5.74, 6) is -0.583. The third-order valence-corrected chi connectivity index (χ3v) is 4.39. The summed E-state index contributed by atoms with van der Waals surface area (Å²) in [7, 11) is -3.77. The van der Waals surface area contributed by atoms with Gasteiger partial charge in [0.1, 0.15) is 4.90 Å². The molecule has 3 N–H and O–H groups in total. The number of nitrogens with two attached hydrogens (primary N) is 1. The first-order valence-corrected chi connectivity index (χ1v) is 6.50. The summed E-state index contributed by atoms with van der Waals surface area (Å²) >= 11 is 0. The van der Waals surface area contributed by atoms with E-state index in [1.54, 1.807) is 0 Å². The Morgan fingerprint density at radius 2 is 2.06 bits per heavy atom. The maximum Gasteiger partial charge on any atom is 0.269 e. The molecule has 7 heteroatoms. The average molecular weight is 256 g/mol. The number of anilines is 1. The first-order valence-electron chi connectivity index (χ1n) is 5.06. The molecule has 1 heterocycles. The average Bonchev–Trinajstić information content (AvgIpc) is 2.45. The fourth-order valence-electron chi connectivity index (χ4n) is 1.74. The molecule has 1 aliphatic heterocycles. The van der Waals surface area contributed by atoms with E-state index in [1.807, 2.05) is 0 Å². The van der Waals surface area contributed by atoms with Crippen molar-refractivity contribution in [2.45, 2.75) is 11.3 Å². The van der Waals surface area contributed by atoms with Crippen LogP contribution in [0.1, 0.15) is 16.8 Å². The number of hydrogen-bond donors (Lipinski definition) is 2. The van der Waals surface area contributed by atoms with Gasteiger partial charge in [-0.05, 0) is 24.6 Å². The van der Waals surface area contributed by atoms with Crippen LogP contribution in [0.2, 0.25) is 0 Å². The highest BCUT2D eigenvalue weighted by atomic mass is 32.2. The van der Waals surface area contributed by atoms with Gasteiger partial charge in [-0.1, -0.05) is 0 Å². The minimum Gasteiger partial charge on any atom is -0.399 e. The fourth-order valence-corrected chi connectivity index (χ4v) is 3.33. The minimum absolute atomic E-state index is 0.0189. The monoisotopic (exact) mass is 256 g/mol. The standard InChI is InChI=1S/C10H12N2O4S/c11-7-2-3-9-8(6-7)10(14)12(4-1-5-13)17(9,15)16/h2-3,6,13H,1,4-5,11H2. The van der Waals surface area contributed by atoms with Gasteiger partial charge in [0.05, 0.1) is 5.56 Å². The molecule has 0 bridgehead atoms. The van der Waals surface area contributed by atoms with Crippen LogP contribution >= 0.6 is 0 Å². The molecule has 0 radical (unpaired) electrons. The highest BCUT2D eigenvalue weighted by molar-refractivity contribution is 7.90. The molecule has 0 saturated carbocycles. The minimum atomic E-state index is -3.77. The lowest BCUT2D eigenvalue weighted by Crippen LogP contribution is -2.31. The second kappa shape index (κ2) is 4.01. The SMILES string of the molecule is Nc1ccc2c(c1)C(=O)N(CCCO)S2(=O)=O. The van der Waals surface area contributed by atoms with Gasteiger partial charge >= 0.3 is 0 Å². The van der Waals surface area contributed by atoms with Gasteiger partial charge in [-0.2, -0.15) is 0 Å². The molecule has 1 amide bonds. The first kappa shape index (κ1) is 11.9. The third kappa shape index (κ3) is 1.77. The molecule has 0 aromatic heterocycles. The van der Waals surface area contributed by atoms with Crippen molar-refractivity contribution in [2.75, 3.05) is 18.9 Å². The Labute approximate surface area is 98.7 Å². The Morgan fingerprint density at radius 3 is 2.71 bits per heavy atom. The number of carbonyl (C=O) groups is 1. The Bertz CT molecular complexity index is 568. The van der Waals surface area contributed by atoms with Crippen molar-refractivity contribution in [3.8, 4) is 0 Å². The van der Waals surface area contributed by atoms with E-state index >= 15 is 0 Å². The largest absolute Gasteiger partial charge is 0.399 e. The molecule has 2 rings (SSSR count). The lowest BCUT2D eigenvalue weighted by molar-refractivity contribution is 0.0865. The van der Waals surface area contributed by atoms with Crippen LogP contribution in [-0.2, 0) is 10.0 Å². The van der Waals surface area contributed by atoms with E-state index in [0.29, 0.717) is 5.69 Å². The van der Waals surface area contributed by atoms with Crippen LogP contribution in [0.15, 0.2) is 23.1 Å². The molecule has 17 heavy (non-hydrogen) atoms. The smallest absolute Gasteiger partial charge is 0.269 e. The predicted molar refractivity (Wildman–Crippen MR) is 60.8 cm³/mol. The van der Waals surface area contributed by atoms with E-state index in [9.17, 15) is 13.2 Å². The second-order valence-electron chi connectivity index (χ2n) is 3.72. The molecule has 92 valence electrons. The van der Waals surface area contributed by atoms with E-state index in [-0.39, 0.29) is 30.0 Å². The van der Waals surface area contributed by atoms with Crippen LogP contribution in [0.25, 0.3) is 0 Å². The van der Waals surface area contributed by atoms with E-state index in [2.05, 4.69) is 0 Å². The number of nitrogen functional groups attached to an aromatic ring is 1. The quantitative estimate of drug-likeness (QED) is 0.729. The van der Waals surface area contributed by atoms with Crippen molar-refractivity contribution < 1.29 is 18.3 Å². The molecule has 0 saturated heterocycles. The van der Waals surface area contributed by atoms with Gasteiger partial charge in [0.15, 0.2) is 0 Å². The third-order valence-electron chi connectivity index (χ3n) is 2.55. The molecule has 0 spiro atoms. The molecule has 0 fully saturated rings. The van der Waals surface area contributed by atoms with Gasteiger partial charge in [0.2, 0.25) is 0 Å². The number of aliphatic hydroxyl groups excluding tert-OH is 1. The van der Waals surface area contributed by atoms with Crippen molar-refractivity contribution in [3.63, 3.8) is 0 Å². The summed E-state index contributed by atoms with van der Waals surface area (Å²) in [6.07, 6.45) is 0.217. The molecular weight excluding hydrogens is 244 g/mol. The highest BCUT2D eigenvalue weighted by Crippen LogP contribution is 2.31. The number of hydrogen-bond acceptors (Lipinski definition) is 5. The van der Waals surface area contributed by atoms with Crippen LogP contribution in [0, 0.1) is 0 Å². The molecule has 0 unspecified atom stereocenters. The van der Waals surface area contributed by atoms with E-state index in [4.69, 9.17) is 10.8 Å².